The zero-order chi connectivity index (χ0) is 39.6. The van der Waals surface area contributed by atoms with Crippen LogP contribution in [0.1, 0.15) is 40.9 Å². The van der Waals surface area contributed by atoms with Crippen LogP contribution in [-0.4, -0.2) is 19.1 Å². The van der Waals surface area contributed by atoms with Gasteiger partial charge in [0.05, 0.1) is 27.9 Å². The van der Waals surface area contributed by atoms with E-state index in [1.807, 2.05) is 6.07 Å². The third-order valence-electron chi connectivity index (χ3n) is 12.5. The largest absolute Gasteiger partial charge is 0.313 e. The van der Waals surface area contributed by atoms with E-state index in [9.17, 15) is 0 Å². The first kappa shape index (κ1) is 34.5. The number of hydrogen-bond acceptors (Lipinski definition) is 2. The Hall–Kier alpha value is -7.56. The summed E-state index contributed by atoms with van der Waals surface area (Å²) in [4.78, 5) is 10.3. The third-order valence-corrected chi connectivity index (χ3v) is 12.5. The normalized spacial score (nSPS) is 13.4. The Kier molecular flexibility index (Phi) is 8.09. The maximum Gasteiger partial charge on any atom is 0.160 e. The topological polar surface area (TPSA) is 35.6 Å². The van der Waals surface area contributed by atoms with Gasteiger partial charge >= 0.3 is 0 Å². The van der Waals surface area contributed by atoms with Crippen molar-refractivity contribution in [2.45, 2.75) is 25.7 Å². The van der Waals surface area contributed by atoms with Crippen molar-refractivity contribution in [2.24, 2.45) is 0 Å². The van der Waals surface area contributed by atoms with Gasteiger partial charge in [0.25, 0.3) is 0 Å². The summed E-state index contributed by atoms with van der Waals surface area (Å²) in [5, 5.41) is 3.79. The molecule has 3 heterocycles. The first-order chi connectivity index (χ1) is 29.7. The van der Waals surface area contributed by atoms with Crippen LogP contribution in [0.2, 0.25) is 0 Å². The predicted octanol–water partition coefficient (Wildman–Crippen LogP) is 14.0. The molecule has 0 bridgehead atoms. The van der Waals surface area contributed by atoms with Gasteiger partial charge in [-0.3, -0.25) is 0 Å². The van der Waals surface area contributed by atoms with Crippen molar-refractivity contribution in [1.29, 1.82) is 0 Å². The molecule has 60 heavy (non-hydrogen) atoms. The van der Waals surface area contributed by atoms with Gasteiger partial charge < -0.3 is 9.13 Å². The quantitative estimate of drug-likeness (QED) is 0.169. The fraction of sp³-hybridized carbons (Fsp3) is 0.0714. The van der Waals surface area contributed by atoms with Crippen LogP contribution in [0.25, 0.3) is 95.6 Å². The van der Waals surface area contributed by atoms with Crippen LogP contribution >= 0.6 is 0 Å². The minimum absolute atomic E-state index is 0.745. The lowest BCUT2D eigenvalue weighted by molar-refractivity contribution is 0.888. The van der Waals surface area contributed by atoms with Crippen molar-refractivity contribution in [3.05, 3.63) is 210 Å². The van der Waals surface area contributed by atoms with Crippen molar-refractivity contribution in [1.82, 2.24) is 19.1 Å². The average molecular weight is 769 g/mol. The number of benzene rings is 7. The Balaban J connectivity index is 0.939. The van der Waals surface area contributed by atoms with Gasteiger partial charge in [0.2, 0.25) is 0 Å². The molecule has 0 saturated heterocycles. The Labute approximate surface area is 349 Å². The first-order valence-electron chi connectivity index (χ1n) is 21.0. The Morgan fingerprint density at radius 2 is 1.08 bits per heavy atom. The summed E-state index contributed by atoms with van der Waals surface area (Å²) in [5.74, 6) is 0.745. The van der Waals surface area contributed by atoms with Crippen LogP contribution in [0.15, 0.2) is 182 Å². The summed E-state index contributed by atoms with van der Waals surface area (Å²) in [7, 11) is 0. The Morgan fingerprint density at radius 1 is 0.433 bits per heavy atom. The lowest BCUT2D eigenvalue weighted by Crippen LogP contribution is -2.03. The number of aryl methyl sites for hydroxylation is 1. The van der Waals surface area contributed by atoms with E-state index in [0.717, 1.165) is 59.7 Å². The van der Waals surface area contributed by atoms with Crippen LogP contribution in [0.3, 0.4) is 0 Å². The highest BCUT2D eigenvalue weighted by atomic mass is 15.0. The van der Waals surface area contributed by atoms with E-state index in [-0.39, 0.29) is 0 Å². The van der Waals surface area contributed by atoms with Gasteiger partial charge in [0.1, 0.15) is 0 Å². The lowest BCUT2D eigenvalue weighted by Gasteiger charge is -2.17. The van der Waals surface area contributed by atoms with Crippen LogP contribution in [-0.2, 0) is 12.8 Å². The van der Waals surface area contributed by atoms with Gasteiger partial charge in [-0.2, -0.15) is 0 Å². The zero-order valence-electron chi connectivity index (χ0n) is 33.1. The number of fused-ring (bicyclic) bond motifs is 7. The molecule has 12 rings (SSSR count). The minimum atomic E-state index is 0.745. The number of nitrogens with zero attached hydrogens (tertiary/aromatic N) is 4. The average Bonchev–Trinajstić information content (AvgIpc) is 3.84. The zero-order valence-corrected chi connectivity index (χ0v) is 33.1. The van der Waals surface area contributed by atoms with Crippen molar-refractivity contribution < 1.29 is 0 Å². The van der Waals surface area contributed by atoms with Crippen LogP contribution in [0, 0.1) is 0 Å². The highest BCUT2D eigenvalue weighted by Crippen LogP contribution is 2.40. The van der Waals surface area contributed by atoms with Gasteiger partial charge in [0.15, 0.2) is 5.82 Å². The van der Waals surface area contributed by atoms with E-state index >= 15 is 0 Å². The molecule has 3 aromatic heterocycles. The summed E-state index contributed by atoms with van der Waals surface area (Å²) < 4.78 is 4.85. The second-order valence-electron chi connectivity index (χ2n) is 16.0. The second kappa shape index (κ2) is 14.1. The minimum Gasteiger partial charge on any atom is -0.313 e. The standard InChI is InChI=1S/C56H40N4/c1-3-14-39(15-4-1)56-57-50(36-51(58-56)43-24-23-37-13-7-8-16-40(37)33-43)38-25-29-45(30-26-38)60-53-22-12-10-20-47(53)49-35-42(28-32-55(49)60)41-27-31-54-48(34-41)46-19-9-11-21-52(46)59(54)44-17-5-2-6-18-44/h1-10,12-20,22,25-36H,11,21,23-24H2. The molecule has 0 unspecified atom stereocenters. The Morgan fingerprint density at radius 3 is 1.92 bits per heavy atom. The van der Waals surface area contributed by atoms with E-state index in [1.54, 1.807) is 0 Å². The molecule has 4 nitrogen and oxygen atoms in total. The van der Waals surface area contributed by atoms with E-state index in [2.05, 4.69) is 197 Å². The highest BCUT2D eigenvalue weighted by Gasteiger charge is 2.21. The van der Waals surface area contributed by atoms with Gasteiger partial charge in [-0.05, 0) is 120 Å². The molecule has 0 aliphatic heterocycles. The molecule has 10 aromatic rings. The van der Waals surface area contributed by atoms with Crippen LogP contribution in [0.4, 0.5) is 0 Å². The van der Waals surface area contributed by atoms with E-state index in [1.165, 1.54) is 77.5 Å². The van der Waals surface area contributed by atoms with E-state index in [4.69, 9.17) is 9.97 Å². The molecule has 0 atom stereocenters. The number of para-hydroxylation sites is 2. The SMILES string of the molecule is C1=Cc2c(n(-c3ccccc3)c3ccc(-c4ccc5c(c4)c4ccccc4n5-c4ccc(-c5cc(C6=Cc7ccccc7CC6)nc(-c6ccccc6)n5)cc4)cc23)CC1. The van der Waals surface area contributed by atoms with Gasteiger partial charge in [0, 0.05) is 49.9 Å². The third kappa shape index (κ3) is 5.75. The van der Waals surface area contributed by atoms with Crippen molar-refractivity contribution >= 4 is 50.4 Å². The first-order valence-corrected chi connectivity index (χ1v) is 21.0. The molecule has 0 spiro atoms. The fourth-order valence-corrected chi connectivity index (χ4v) is 9.60. The summed E-state index contributed by atoms with van der Waals surface area (Å²) >= 11 is 0. The molecule has 0 N–H and O–H groups in total. The highest BCUT2D eigenvalue weighted by molar-refractivity contribution is 6.10. The molecule has 0 radical (unpaired) electrons. The fourth-order valence-electron chi connectivity index (χ4n) is 9.60. The smallest absolute Gasteiger partial charge is 0.160 e. The summed E-state index contributed by atoms with van der Waals surface area (Å²) in [6, 6.07) is 63.6. The Bertz CT molecular complexity index is 3350. The van der Waals surface area contributed by atoms with Gasteiger partial charge in [-0.25, -0.2) is 9.97 Å². The predicted molar refractivity (Wildman–Crippen MR) is 250 cm³/mol. The van der Waals surface area contributed by atoms with Crippen molar-refractivity contribution in [3.8, 4) is 45.1 Å². The molecule has 7 aromatic carbocycles. The molecule has 2 aliphatic rings. The van der Waals surface area contributed by atoms with E-state index in [0.29, 0.717) is 0 Å². The molecule has 2 aliphatic carbocycles. The van der Waals surface area contributed by atoms with Crippen LogP contribution < -0.4 is 0 Å². The molecule has 0 amide bonds. The maximum atomic E-state index is 5.15. The second-order valence-corrected chi connectivity index (χ2v) is 16.0. The van der Waals surface area contributed by atoms with Crippen LogP contribution in [0.5, 0.6) is 0 Å². The number of aromatic nitrogens is 4. The monoisotopic (exact) mass is 768 g/mol. The maximum absolute atomic E-state index is 5.15. The molecule has 0 saturated carbocycles. The number of hydrogen-bond donors (Lipinski definition) is 0. The van der Waals surface area contributed by atoms with Gasteiger partial charge in [-0.15, -0.1) is 0 Å². The number of allylic oxidation sites excluding steroid dienone is 2. The van der Waals surface area contributed by atoms with E-state index < -0.39 is 0 Å². The lowest BCUT2D eigenvalue weighted by atomic mass is 9.90. The summed E-state index contributed by atoms with van der Waals surface area (Å²) in [5.41, 5.74) is 19.0. The molecule has 4 heteroatoms. The molecular weight excluding hydrogens is 729 g/mol. The van der Waals surface area contributed by atoms with Crippen molar-refractivity contribution in [2.75, 3.05) is 0 Å². The summed E-state index contributed by atoms with van der Waals surface area (Å²) in [6.45, 7) is 0. The summed E-state index contributed by atoms with van der Waals surface area (Å²) in [6.07, 6.45) is 11.0. The van der Waals surface area contributed by atoms with Gasteiger partial charge in [-0.1, -0.05) is 127 Å². The molecule has 284 valence electrons. The van der Waals surface area contributed by atoms with Crippen molar-refractivity contribution in [3.63, 3.8) is 0 Å². The number of rotatable bonds is 6. The molecular formula is C56H40N4. The molecule has 0 fully saturated rings.